The third-order valence-electron chi connectivity index (χ3n) is 2.87. The summed E-state index contributed by atoms with van der Waals surface area (Å²) in [5.74, 6) is 0. The maximum absolute atomic E-state index is 13.3. The van der Waals surface area contributed by atoms with Gasteiger partial charge in [0.1, 0.15) is 0 Å². The first-order valence-electron chi connectivity index (χ1n) is 9.83. The predicted molar refractivity (Wildman–Crippen MR) is 152 cm³/mol. The summed E-state index contributed by atoms with van der Waals surface area (Å²) in [6.07, 6.45) is 0. The number of hydrogen-bond donors (Lipinski definition) is 11. The van der Waals surface area contributed by atoms with Gasteiger partial charge in [-0.2, -0.15) is 0 Å². The number of halogens is 7. The fourth-order valence-electron chi connectivity index (χ4n) is 1.96. The minimum atomic E-state index is -5.39. The van der Waals surface area contributed by atoms with E-state index in [1.807, 2.05) is 0 Å². The second-order valence-electron chi connectivity index (χ2n) is 6.85. The first kappa shape index (κ1) is 52.3. The second-order valence-corrected chi connectivity index (χ2v) is 18.8. The zero-order chi connectivity index (χ0) is 38.2. The van der Waals surface area contributed by atoms with E-state index in [9.17, 15) is 32.8 Å². The first-order valence-corrected chi connectivity index (χ1v) is 22.7. The summed E-state index contributed by atoms with van der Waals surface area (Å²) in [5.41, 5.74) is 1.25. The van der Waals surface area contributed by atoms with Crippen molar-refractivity contribution >= 4 is 66.3 Å². The summed E-state index contributed by atoms with van der Waals surface area (Å²) in [6, 6.07) is 13.3. The standard InChI is InChI=1S/C14H15FIO4P.5FH2O3P/c1-11-7-3-5-9-13(11)16(17,20-21(15,18)19)14-10-6-4-8-12(14)2;5*1-5(2,3)4/h3-10H,1-2H3,(H,18,19);5*(H2,2,3,4). The van der Waals surface area contributed by atoms with Crippen LogP contribution in [-0.2, 0) is 33.3 Å². The minimum Gasteiger partial charge on any atom is -0.299 e. The average Bonchev–Trinajstić information content (AvgIpc) is 2.67. The minimum absolute atomic E-state index is 0.283. The Morgan fingerprint density at radius 3 is 0.804 bits per heavy atom. The van der Waals surface area contributed by atoms with Gasteiger partial charge in [-0.1, -0.05) is 0 Å². The van der Waals surface area contributed by atoms with Crippen LogP contribution in [0.15, 0.2) is 48.5 Å². The van der Waals surface area contributed by atoms with E-state index in [0.717, 1.165) is 0 Å². The summed E-state index contributed by atoms with van der Waals surface area (Å²) in [7, 11) is -31.1. The van der Waals surface area contributed by atoms with Crippen molar-refractivity contribution in [3.8, 4) is 0 Å². The summed E-state index contributed by atoms with van der Waals surface area (Å²) >= 11 is -4.89. The molecular formula is C14H25F6IO19P6. The van der Waals surface area contributed by atoms with Gasteiger partial charge in [0.25, 0.3) is 0 Å². The van der Waals surface area contributed by atoms with Crippen LogP contribution in [0.2, 0.25) is 0 Å². The smallest absolute Gasteiger partial charge is 0.299 e. The zero-order valence-electron chi connectivity index (χ0n) is 22.1. The van der Waals surface area contributed by atoms with Crippen LogP contribution in [-0.4, -0.2) is 53.8 Å². The van der Waals surface area contributed by atoms with Crippen molar-refractivity contribution in [3.05, 3.63) is 66.8 Å². The van der Waals surface area contributed by atoms with E-state index in [-0.39, 0.29) is 7.14 Å². The molecule has 0 aliphatic carbocycles. The van der Waals surface area contributed by atoms with Crippen LogP contribution < -0.4 is 0 Å². The first-order chi connectivity index (χ1) is 19.7. The molecule has 2 rings (SSSR count). The molecule has 1 atom stereocenters. The van der Waals surface area contributed by atoms with Gasteiger partial charge in [0.2, 0.25) is 0 Å². The van der Waals surface area contributed by atoms with Crippen molar-refractivity contribution in [2.75, 3.05) is 0 Å². The Bertz CT molecular complexity index is 1340. The van der Waals surface area contributed by atoms with E-state index < -0.39 is 66.3 Å². The van der Waals surface area contributed by atoms with E-state index in [0.29, 0.717) is 11.1 Å². The Labute approximate surface area is 258 Å². The number of aryl methyl sites for hydroxylation is 2. The molecule has 19 nitrogen and oxygen atoms in total. The van der Waals surface area contributed by atoms with Crippen LogP contribution >= 0.6 is 66.3 Å². The largest absolute Gasteiger partial charge is 0.507 e. The van der Waals surface area contributed by atoms with E-state index in [4.69, 9.17) is 76.7 Å². The van der Waals surface area contributed by atoms with Crippen LogP contribution in [0.5, 0.6) is 0 Å². The molecule has 0 radical (unpaired) electrons. The van der Waals surface area contributed by atoms with Crippen LogP contribution in [0.25, 0.3) is 0 Å². The summed E-state index contributed by atoms with van der Waals surface area (Å²) < 4.78 is 138. The quantitative estimate of drug-likeness (QED) is 0.109. The molecule has 0 amide bonds. The van der Waals surface area contributed by atoms with Crippen molar-refractivity contribution < 1.29 is 112 Å². The van der Waals surface area contributed by atoms with Crippen LogP contribution in [0.1, 0.15) is 11.1 Å². The summed E-state index contributed by atoms with van der Waals surface area (Å²) in [4.78, 5) is 78.6. The molecule has 0 aliphatic rings. The van der Waals surface area contributed by atoms with Crippen molar-refractivity contribution in [1.29, 1.82) is 0 Å². The zero-order valence-corrected chi connectivity index (χ0v) is 29.7. The number of benzene rings is 2. The molecular weight excluding hydrogens is 899 g/mol. The van der Waals surface area contributed by atoms with E-state index in [1.54, 1.807) is 62.4 Å². The third kappa shape index (κ3) is 50.3. The molecule has 2 aromatic rings. The second kappa shape index (κ2) is 21.5. The molecule has 0 saturated carbocycles. The van der Waals surface area contributed by atoms with Gasteiger partial charge < -0.3 is 0 Å². The fraction of sp³-hybridized carbons (Fsp3) is 0.143. The molecule has 0 heterocycles. The molecule has 0 bridgehead atoms. The van der Waals surface area contributed by atoms with Gasteiger partial charge in [0.05, 0.1) is 0 Å². The molecule has 1 unspecified atom stereocenters. The van der Waals surface area contributed by atoms with Crippen LogP contribution in [0, 0.1) is 21.0 Å². The fourth-order valence-corrected chi connectivity index (χ4v) is 10.3. The molecule has 2 aromatic carbocycles. The van der Waals surface area contributed by atoms with Gasteiger partial charge in [-0.3, -0.25) is 48.9 Å². The molecule has 274 valence electrons. The molecule has 0 fully saturated rings. The molecule has 46 heavy (non-hydrogen) atoms. The Kier molecular flexibility index (Phi) is 24.4. The molecule has 0 aliphatic heterocycles. The maximum atomic E-state index is 13.3. The van der Waals surface area contributed by atoms with Gasteiger partial charge in [-0.05, 0) is 0 Å². The third-order valence-corrected chi connectivity index (χ3v) is 11.8. The van der Waals surface area contributed by atoms with Crippen molar-refractivity contribution in [3.63, 3.8) is 0 Å². The Morgan fingerprint density at radius 2 is 0.652 bits per heavy atom. The molecule has 32 heteroatoms. The van der Waals surface area contributed by atoms with E-state index in [2.05, 4.69) is 2.85 Å². The van der Waals surface area contributed by atoms with Gasteiger partial charge in [-0.25, -0.2) is 22.8 Å². The molecule has 0 aromatic heterocycles. The maximum Gasteiger partial charge on any atom is 0.507 e. The molecule has 11 N–H and O–H groups in total. The average molecular weight is 924 g/mol. The number of hydrogen-bond acceptors (Lipinski definition) is 8. The Balaban J connectivity index is -0.000000287. The van der Waals surface area contributed by atoms with Crippen LogP contribution in [0.4, 0.5) is 25.2 Å². The van der Waals surface area contributed by atoms with E-state index in [1.165, 1.54) is 0 Å². The normalized spacial score (nSPS) is 13.5. The summed E-state index contributed by atoms with van der Waals surface area (Å²) in [6.45, 7) is 3.40. The van der Waals surface area contributed by atoms with E-state index >= 15 is 0 Å². The van der Waals surface area contributed by atoms with Crippen molar-refractivity contribution in [2.24, 2.45) is 0 Å². The SMILES string of the molecule is Cc1ccccc1I(=O)(OP(=O)(O)F)c1ccccc1C.O=P(O)(O)F.O=P(O)(O)F.O=P(O)(O)F.O=P(O)(O)F.O=P(O)(O)F. The van der Waals surface area contributed by atoms with Crippen LogP contribution in [0.3, 0.4) is 0 Å². The van der Waals surface area contributed by atoms with Gasteiger partial charge in [-0.15, -0.1) is 21.0 Å². The van der Waals surface area contributed by atoms with Gasteiger partial charge >= 0.3 is 166 Å². The van der Waals surface area contributed by atoms with Gasteiger partial charge in [0.15, 0.2) is 0 Å². The summed E-state index contributed by atoms with van der Waals surface area (Å²) in [5, 5.41) is 0. The Morgan fingerprint density at radius 1 is 0.478 bits per heavy atom. The predicted octanol–water partition coefficient (Wildman–Crippen LogP) is 4.97. The number of rotatable bonds is 4. The van der Waals surface area contributed by atoms with Crippen molar-refractivity contribution in [2.45, 2.75) is 13.8 Å². The monoisotopic (exact) mass is 924 g/mol. The molecule has 0 spiro atoms. The van der Waals surface area contributed by atoms with Crippen molar-refractivity contribution in [1.82, 2.24) is 0 Å². The topological polar surface area (TPSA) is 351 Å². The van der Waals surface area contributed by atoms with Gasteiger partial charge in [0, 0.05) is 0 Å². The molecule has 0 saturated heterocycles. The Hall–Kier alpha value is -0.550.